The summed E-state index contributed by atoms with van der Waals surface area (Å²) in [5.41, 5.74) is 3.39. The summed E-state index contributed by atoms with van der Waals surface area (Å²) in [6.07, 6.45) is 2.03. The molecule has 29 heavy (non-hydrogen) atoms. The van der Waals surface area contributed by atoms with Gasteiger partial charge in [0, 0.05) is 34.6 Å². The average molecular weight is 405 g/mol. The molecule has 1 heterocycles. The molecule has 0 radical (unpaired) electrons. The third-order valence-corrected chi connectivity index (χ3v) is 5.14. The molecule has 3 aromatic carbocycles. The van der Waals surface area contributed by atoms with E-state index in [1.54, 1.807) is 24.3 Å². The number of hydrogen-bond acceptors (Lipinski definition) is 2. The zero-order valence-electron chi connectivity index (χ0n) is 15.8. The van der Waals surface area contributed by atoms with Crippen LogP contribution < -0.4 is 10.1 Å². The van der Waals surface area contributed by atoms with E-state index in [1.807, 2.05) is 36.5 Å². The van der Waals surface area contributed by atoms with Crippen LogP contribution in [0.4, 0.5) is 0 Å². The van der Waals surface area contributed by atoms with E-state index in [0.717, 1.165) is 22.0 Å². The van der Waals surface area contributed by atoms with Gasteiger partial charge in [0.25, 0.3) is 5.91 Å². The number of nitrogens with one attached hydrogen (secondary N) is 2. The quantitative estimate of drug-likeness (QED) is 0.447. The van der Waals surface area contributed by atoms with Crippen LogP contribution in [0.25, 0.3) is 10.9 Å². The SMILES string of the molecule is O=C(COc1ccc(Cl)cc1)NCC(c1ccccc1)c1c[nH]c2ccccc12. The van der Waals surface area contributed by atoms with Gasteiger partial charge in [-0.15, -0.1) is 0 Å². The molecule has 4 nitrogen and oxygen atoms in total. The molecular formula is C24H21ClN2O2. The van der Waals surface area contributed by atoms with Crippen molar-refractivity contribution in [3.63, 3.8) is 0 Å². The molecule has 0 bridgehead atoms. The topological polar surface area (TPSA) is 54.1 Å². The number of H-pyrrole nitrogens is 1. The zero-order valence-corrected chi connectivity index (χ0v) is 16.5. The van der Waals surface area contributed by atoms with E-state index < -0.39 is 0 Å². The number of hydrogen-bond donors (Lipinski definition) is 2. The van der Waals surface area contributed by atoms with Gasteiger partial charge in [0.15, 0.2) is 6.61 Å². The van der Waals surface area contributed by atoms with Gasteiger partial charge >= 0.3 is 0 Å². The molecule has 4 aromatic rings. The van der Waals surface area contributed by atoms with Gasteiger partial charge in [0.2, 0.25) is 0 Å². The molecule has 1 atom stereocenters. The number of aromatic amines is 1. The van der Waals surface area contributed by atoms with Crippen molar-refractivity contribution in [1.29, 1.82) is 0 Å². The van der Waals surface area contributed by atoms with E-state index in [1.165, 1.54) is 0 Å². The minimum atomic E-state index is -0.166. The second kappa shape index (κ2) is 8.84. The van der Waals surface area contributed by atoms with E-state index in [2.05, 4.69) is 34.6 Å². The summed E-state index contributed by atoms with van der Waals surface area (Å²) in [4.78, 5) is 15.7. The number of benzene rings is 3. The standard InChI is InChI=1S/C24H21ClN2O2/c25-18-10-12-19(13-11-18)29-16-24(28)27-14-21(17-6-2-1-3-7-17)22-15-26-23-9-5-4-8-20(22)23/h1-13,15,21,26H,14,16H2,(H,27,28). The van der Waals surface area contributed by atoms with Crippen molar-refractivity contribution in [2.75, 3.05) is 13.2 Å². The summed E-state index contributed by atoms with van der Waals surface area (Å²) in [6, 6.07) is 25.3. The maximum atomic E-state index is 12.4. The highest BCUT2D eigenvalue weighted by Crippen LogP contribution is 2.30. The van der Waals surface area contributed by atoms with Crippen molar-refractivity contribution in [1.82, 2.24) is 10.3 Å². The van der Waals surface area contributed by atoms with Gasteiger partial charge in [-0.2, -0.15) is 0 Å². The normalized spacial score (nSPS) is 11.9. The number of para-hydroxylation sites is 1. The van der Waals surface area contributed by atoms with Gasteiger partial charge in [0.1, 0.15) is 5.75 Å². The summed E-state index contributed by atoms with van der Waals surface area (Å²) in [5, 5.41) is 4.80. The first-order valence-corrected chi connectivity index (χ1v) is 9.84. The van der Waals surface area contributed by atoms with Gasteiger partial charge in [0.05, 0.1) is 0 Å². The van der Waals surface area contributed by atoms with Gasteiger partial charge < -0.3 is 15.0 Å². The fraction of sp³-hybridized carbons (Fsp3) is 0.125. The molecule has 0 saturated carbocycles. The van der Waals surface area contributed by atoms with Crippen LogP contribution in [-0.4, -0.2) is 24.0 Å². The predicted molar refractivity (Wildman–Crippen MR) is 117 cm³/mol. The Kier molecular flexibility index (Phi) is 5.82. The lowest BCUT2D eigenvalue weighted by molar-refractivity contribution is -0.123. The van der Waals surface area contributed by atoms with Gasteiger partial charge in [-0.3, -0.25) is 4.79 Å². The summed E-state index contributed by atoms with van der Waals surface area (Å²) in [5.74, 6) is 0.480. The first kappa shape index (κ1) is 19.1. The van der Waals surface area contributed by atoms with Gasteiger partial charge in [-0.25, -0.2) is 0 Å². The van der Waals surface area contributed by atoms with Crippen molar-refractivity contribution >= 4 is 28.4 Å². The fourth-order valence-corrected chi connectivity index (χ4v) is 3.55. The lowest BCUT2D eigenvalue weighted by atomic mass is 9.91. The van der Waals surface area contributed by atoms with E-state index in [9.17, 15) is 4.79 Å². The summed E-state index contributed by atoms with van der Waals surface area (Å²) < 4.78 is 5.54. The van der Waals surface area contributed by atoms with Crippen LogP contribution in [-0.2, 0) is 4.79 Å². The van der Waals surface area contributed by atoms with Crippen LogP contribution >= 0.6 is 11.6 Å². The summed E-state index contributed by atoms with van der Waals surface area (Å²) in [6.45, 7) is 0.436. The molecule has 5 heteroatoms. The van der Waals surface area contributed by atoms with Crippen molar-refractivity contribution < 1.29 is 9.53 Å². The Balaban J connectivity index is 1.47. The van der Waals surface area contributed by atoms with Crippen LogP contribution in [0.3, 0.4) is 0 Å². The minimum Gasteiger partial charge on any atom is -0.484 e. The lowest BCUT2D eigenvalue weighted by Gasteiger charge is -2.18. The van der Waals surface area contributed by atoms with Crippen LogP contribution in [0.5, 0.6) is 5.75 Å². The molecule has 0 fully saturated rings. The van der Waals surface area contributed by atoms with Crippen LogP contribution in [0.2, 0.25) is 5.02 Å². The Morgan fingerprint density at radius 2 is 1.69 bits per heavy atom. The number of halogens is 1. The molecule has 1 aromatic heterocycles. The van der Waals surface area contributed by atoms with E-state index in [0.29, 0.717) is 17.3 Å². The molecule has 0 aliphatic carbocycles. The number of amides is 1. The first-order chi connectivity index (χ1) is 14.2. The molecule has 0 spiro atoms. The molecule has 1 unspecified atom stereocenters. The third kappa shape index (κ3) is 4.61. The molecule has 2 N–H and O–H groups in total. The average Bonchev–Trinajstić information content (AvgIpc) is 3.18. The van der Waals surface area contributed by atoms with Gasteiger partial charge in [-0.1, -0.05) is 60.1 Å². The highest BCUT2D eigenvalue weighted by molar-refractivity contribution is 6.30. The van der Waals surface area contributed by atoms with Gasteiger partial charge in [-0.05, 0) is 41.5 Å². The number of carbonyl (C=O) groups excluding carboxylic acids is 1. The van der Waals surface area contributed by atoms with Crippen LogP contribution in [0, 0.1) is 0 Å². The van der Waals surface area contributed by atoms with Crippen molar-refractivity contribution in [3.05, 3.63) is 101 Å². The Labute approximate surface area is 174 Å². The molecule has 0 aliphatic rings. The second-order valence-corrected chi connectivity index (χ2v) is 7.24. The van der Waals surface area contributed by atoms with E-state index >= 15 is 0 Å². The summed E-state index contributed by atoms with van der Waals surface area (Å²) in [7, 11) is 0. The Morgan fingerprint density at radius 3 is 2.48 bits per heavy atom. The highest BCUT2D eigenvalue weighted by atomic mass is 35.5. The summed E-state index contributed by atoms with van der Waals surface area (Å²) >= 11 is 5.87. The van der Waals surface area contributed by atoms with Crippen molar-refractivity contribution in [2.24, 2.45) is 0 Å². The second-order valence-electron chi connectivity index (χ2n) is 6.80. The maximum Gasteiger partial charge on any atom is 0.257 e. The first-order valence-electron chi connectivity index (χ1n) is 9.47. The van der Waals surface area contributed by atoms with Crippen LogP contribution in [0.1, 0.15) is 17.0 Å². The van der Waals surface area contributed by atoms with Crippen molar-refractivity contribution in [3.8, 4) is 5.75 Å². The molecule has 4 rings (SSSR count). The minimum absolute atomic E-state index is 0.0341. The number of fused-ring (bicyclic) bond motifs is 1. The van der Waals surface area contributed by atoms with Crippen molar-refractivity contribution in [2.45, 2.75) is 5.92 Å². The maximum absolute atomic E-state index is 12.4. The molecule has 0 aliphatic heterocycles. The smallest absolute Gasteiger partial charge is 0.257 e. The predicted octanol–water partition coefficient (Wildman–Crippen LogP) is 5.15. The lowest BCUT2D eigenvalue weighted by Crippen LogP contribution is -2.32. The molecular weight excluding hydrogens is 384 g/mol. The fourth-order valence-electron chi connectivity index (χ4n) is 3.42. The molecule has 1 amide bonds. The van der Waals surface area contributed by atoms with E-state index in [-0.39, 0.29) is 18.4 Å². The molecule has 146 valence electrons. The number of ether oxygens (including phenoxy) is 1. The Bertz CT molecular complexity index is 1090. The van der Waals surface area contributed by atoms with E-state index in [4.69, 9.17) is 16.3 Å². The zero-order chi connectivity index (χ0) is 20.1. The largest absolute Gasteiger partial charge is 0.484 e. The molecule has 0 saturated heterocycles. The Morgan fingerprint density at radius 1 is 0.966 bits per heavy atom. The number of rotatable bonds is 7. The number of carbonyl (C=O) groups is 1. The highest BCUT2D eigenvalue weighted by Gasteiger charge is 2.19. The third-order valence-electron chi connectivity index (χ3n) is 4.89. The monoisotopic (exact) mass is 404 g/mol. The Hall–Kier alpha value is -3.24. The van der Waals surface area contributed by atoms with Crippen LogP contribution in [0.15, 0.2) is 85.1 Å². The number of aromatic nitrogens is 1.